The molecule has 5 nitrogen and oxygen atoms in total. The maximum absolute atomic E-state index is 10.8. The standard InChI is InChI=1S/C13H11N3O2/c1-8(17)18-7-12-15-11-6-14-10-5-3-2-4-9(10)13(11)16-12/h2-6H,7H2,1H3,(H,15,16). The van der Waals surface area contributed by atoms with Gasteiger partial charge in [0.25, 0.3) is 0 Å². The SMILES string of the molecule is CC(=O)OCc1nc2cnc3ccccc3c2[nH]1. The smallest absolute Gasteiger partial charge is 0.303 e. The van der Waals surface area contributed by atoms with Crippen LogP contribution in [0.15, 0.2) is 30.5 Å². The minimum atomic E-state index is -0.321. The predicted molar refractivity (Wildman–Crippen MR) is 66.9 cm³/mol. The van der Waals surface area contributed by atoms with Crippen LogP contribution in [0.1, 0.15) is 12.7 Å². The van der Waals surface area contributed by atoms with E-state index in [4.69, 9.17) is 4.74 Å². The second kappa shape index (κ2) is 4.10. The zero-order chi connectivity index (χ0) is 12.5. The zero-order valence-electron chi connectivity index (χ0n) is 9.80. The number of esters is 1. The fourth-order valence-electron chi connectivity index (χ4n) is 1.90. The average Bonchev–Trinajstić information content (AvgIpc) is 2.79. The van der Waals surface area contributed by atoms with Gasteiger partial charge in [0.1, 0.15) is 17.9 Å². The second-order valence-electron chi connectivity index (χ2n) is 4.00. The van der Waals surface area contributed by atoms with Gasteiger partial charge in [-0.1, -0.05) is 18.2 Å². The summed E-state index contributed by atoms with van der Waals surface area (Å²) in [6.07, 6.45) is 1.71. The van der Waals surface area contributed by atoms with Crippen molar-refractivity contribution in [2.24, 2.45) is 0 Å². The van der Waals surface area contributed by atoms with Crippen LogP contribution >= 0.6 is 0 Å². The molecule has 3 rings (SSSR count). The number of imidazole rings is 1. The minimum absolute atomic E-state index is 0.151. The topological polar surface area (TPSA) is 67.9 Å². The fourth-order valence-corrected chi connectivity index (χ4v) is 1.90. The molecule has 0 bridgehead atoms. The molecular weight excluding hydrogens is 230 g/mol. The summed E-state index contributed by atoms with van der Waals surface area (Å²) >= 11 is 0. The first-order valence-corrected chi connectivity index (χ1v) is 5.60. The molecular formula is C13H11N3O2. The van der Waals surface area contributed by atoms with Crippen LogP contribution in [0, 0.1) is 0 Å². The number of rotatable bonds is 2. The molecule has 0 saturated carbocycles. The first-order valence-electron chi connectivity index (χ1n) is 5.60. The quantitative estimate of drug-likeness (QED) is 0.698. The Morgan fingerprint density at radius 1 is 1.33 bits per heavy atom. The lowest BCUT2D eigenvalue weighted by Gasteiger charge is -1.97. The maximum Gasteiger partial charge on any atom is 0.303 e. The van der Waals surface area contributed by atoms with Crippen LogP contribution in [-0.4, -0.2) is 20.9 Å². The van der Waals surface area contributed by atoms with Crippen molar-refractivity contribution in [3.8, 4) is 0 Å². The number of nitrogens with one attached hydrogen (secondary N) is 1. The zero-order valence-corrected chi connectivity index (χ0v) is 9.80. The van der Waals surface area contributed by atoms with E-state index < -0.39 is 0 Å². The Kier molecular flexibility index (Phi) is 2.44. The van der Waals surface area contributed by atoms with Crippen LogP contribution in [0.5, 0.6) is 0 Å². The molecule has 3 aromatic rings. The number of carbonyl (C=O) groups excluding carboxylic acids is 1. The van der Waals surface area contributed by atoms with Crippen molar-refractivity contribution in [3.63, 3.8) is 0 Å². The lowest BCUT2D eigenvalue weighted by molar-refractivity contribution is -0.142. The summed E-state index contributed by atoms with van der Waals surface area (Å²) in [5.74, 6) is 0.303. The van der Waals surface area contributed by atoms with Crippen molar-refractivity contribution in [3.05, 3.63) is 36.3 Å². The number of benzene rings is 1. The van der Waals surface area contributed by atoms with Crippen molar-refractivity contribution in [2.75, 3.05) is 0 Å². The summed E-state index contributed by atoms with van der Waals surface area (Å²) in [5, 5.41) is 1.01. The number of carbonyl (C=O) groups is 1. The molecule has 18 heavy (non-hydrogen) atoms. The van der Waals surface area contributed by atoms with Crippen molar-refractivity contribution in [1.29, 1.82) is 0 Å². The van der Waals surface area contributed by atoms with E-state index >= 15 is 0 Å². The molecule has 0 spiro atoms. The first-order chi connectivity index (χ1) is 8.74. The van der Waals surface area contributed by atoms with Gasteiger partial charge in [0.15, 0.2) is 0 Å². The highest BCUT2D eigenvalue weighted by atomic mass is 16.5. The third-order valence-corrected chi connectivity index (χ3v) is 2.69. The summed E-state index contributed by atoms with van der Waals surface area (Å²) in [6.45, 7) is 1.53. The molecule has 1 aromatic carbocycles. The molecule has 0 fully saturated rings. The van der Waals surface area contributed by atoms with Crippen LogP contribution in [0.25, 0.3) is 21.9 Å². The third-order valence-electron chi connectivity index (χ3n) is 2.69. The predicted octanol–water partition coefficient (Wildman–Crippen LogP) is 2.17. The number of ether oxygens (including phenoxy) is 1. The van der Waals surface area contributed by atoms with Gasteiger partial charge in [-0.2, -0.15) is 0 Å². The van der Waals surface area contributed by atoms with E-state index in [-0.39, 0.29) is 12.6 Å². The largest absolute Gasteiger partial charge is 0.458 e. The van der Waals surface area contributed by atoms with E-state index in [1.54, 1.807) is 6.20 Å². The fraction of sp³-hybridized carbons (Fsp3) is 0.154. The van der Waals surface area contributed by atoms with Crippen LogP contribution in [0.3, 0.4) is 0 Å². The van der Waals surface area contributed by atoms with E-state index in [9.17, 15) is 4.79 Å². The van der Waals surface area contributed by atoms with Crippen molar-refractivity contribution in [1.82, 2.24) is 15.0 Å². The van der Waals surface area contributed by atoms with Gasteiger partial charge in [-0.25, -0.2) is 4.98 Å². The number of aromatic amines is 1. The van der Waals surface area contributed by atoms with E-state index in [0.29, 0.717) is 5.82 Å². The van der Waals surface area contributed by atoms with Gasteiger partial charge in [0.2, 0.25) is 0 Å². The van der Waals surface area contributed by atoms with E-state index in [2.05, 4.69) is 15.0 Å². The molecule has 5 heteroatoms. The van der Waals surface area contributed by atoms with Crippen molar-refractivity contribution in [2.45, 2.75) is 13.5 Å². The molecule has 0 amide bonds. The first kappa shape index (κ1) is 10.7. The minimum Gasteiger partial charge on any atom is -0.458 e. The number of hydrogen-bond acceptors (Lipinski definition) is 4. The Hall–Kier alpha value is -2.43. The van der Waals surface area contributed by atoms with Gasteiger partial charge >= 0.3 is 5.97 Å². The Morgan fingerprint density at radius 2 is 2.17 bits per heavy atom. The number of para-hydroxylation sites is 1. The number of fused-ring (bicyclic) bond motifs is 3. The molecule has 1 N–H and O–H groups in total. The van der Waals surface area contributed by atoms with E-state index in [1.807, 2.05) is 24.3 Å². The molecule has 0 atom stereocenters. The van der Waals surface area contributed by atoms with Crippen LogP contribution < -0.4 is 0 Å². The molecule has 0 aliphatic rings. The van der Waals surface area contributed by atoms with Gasteiger partial charge in [-0.15, -0.1) is 0 Å². The summed E-state index contributed by atoms with van der Waals surface area (Å²) in [6, 6.07) is 7.83. The van der Waals surface area contributed by atoms with Gasteiger partial charge < -0.3 is 9.72 Å². The van der Waals surface area contributed by atoms with Gasteiger partial charge in [-0.3, -0.25) is 9.78 Å². The Bertz CT molecular complexity index is 733. The van der Waals surface area contributed by atoms with Gasteiger partial charge in [-0.05, 0) is 6.07 Å². The highest BCUT2D eigenvalue weighted by molar-refractivity contribution is 6.01. The number of H-pyrrole nitrogens is 1. The Morgan fingerprint density at radius 3 is 3.00 bits per heavy atom. The normalized spacial score (nSPS) is 10.9. The number of hydrogen-bond donors (Lipinski definition) is 1. The molecule has 0 unspecified atom stereocenters. The molecule has 0 aliphatic heterocycles. The highest BCUT2D eigenvalue weighted by Gasteiger charge is 2.07. The van der Waals surface area contributed by atoms with Crippen LogP contribution in [0.2, 0.25) is 0 Å². The highest BCUT2D eigenvalue weighted by Crippen LogP contribution is 2.21. The lowest BCUT2D eigenvalue weighted by atomic mass is 10.2. The molecule has 2 aromatic heterocycles. The molecule has 90 valence electrons. The Balaban J connectivity index is 2.11. The summed E-state index contributed by atoms with van der Waals surface area (Å²) in [4.78, 5) is 22.6. The Labute approximate surface area is 103 Å². The van der Waals surface area contributed by atoms with Crippen molar-refractivity contribution < 1.29 is 9.53 Å². The maximum atomic E-state index is 10.8. The van der Waals surface area contributed by atoms with Crippen LogP contribution in [-0.2, 0) is 16.1 Å². The number of pyridine rings is 1. The molecule has 0 radical (unpaired) electrons. The summed E-state index contributed by atoms with van der Waals surface area (Å²) < 4.78 is 4.92. The van der Waals surface area contributed by atoms with E-state index in [1.165, 1.54) is 6.92 Å². The van der Waals surface area contributed by atoms with E-state index in [0.717, 1.165) is 21.9 Å². The number of nitrogens with zero attached hydrogens (tertiary/aromatic N) is 2. The average molecular weight is 241 g/mol. The summed E-state index contributed by atoms with van der Waals surface area (Å²) in [5.41, 5.74) is 2.60. The monoisotopic (exact) mass is 241 g/mol. The molecule has 0 aliphatic carbocycles. The van der Waals surface area contributed by atoms with Gasteiger partial charge in [0, 0.05) is 12.3 Å². The molecule has 2 heterocycles. The van der Waals surface area contributed by atoms with Gasteiger partial charge in [0.05, 0.1) is 17.2 Å². The molecule has 0 saturated heterocycles. The third kappa shape index (κ3) is 1.79. The number of aromatic nitrogens is 3. The van der Waals surface area contributed by atoms with Crippen molar-refractivity contribution >= 4 is 27.9 Å². The summed E-state index contributed by atoms with van der Waals surface area (Å²) in [7, 11) is 0. The lowest BCUT2D eigenvalue weighted by Crippen LogP contribution is -1.99. The van der Waals surface area contributed by atoms with Crippen LogP contribution in [0.4, 0.5) is 0 Å². The second-order valence-corrected chi connectivity index (χ2v) is 4.00.